The number of piperazine rings is 1. The smallest absolute Gasteiger partial charge is 0.217 e. The molecule has 0 bridgehead atoms. The fourth-order valence-corrected chi connectivity index (χ4v) is 3.51. The Morgan fingerprint density at radius 3 is 2.37 bits per heavy atom. The van der Waals surface area contributed by atoms with Gasteiger partial charge in [-0.25, -0.2) is 4.68 Å². The SMILES string of the molecule is COc1ccc(-c2nc(=S)n(CN3CCN(c4ccccc4)CC3)[nH]2)cc1. The zero-order valence-electron chi connectivity index (χ0n) is 15.3. The number of para-hydroxylation sites is 1. The Balaban J connectivity index is 1.40. The quantitative estimate of drug-likeness (QED) is 0.687. The second-order valence-corrected chi connectivity index (χ2v) is 6.96. The largest absolute Gasteiger partial charge is 0.497 e. The van der Waals surface area contributed by atoms with Gasteiger partial charge in [0.05, 0.1) is 13.8 Å². The van der Waals surface area contributed by atoms with E-state index in [0.29, 0.717) is 4.77 Å². The maximum atomic E-state index is 5.45. The number of aromatic amines is 1. The Hall–Kier alpha value is -2.64. The van der Waals surface area contributed by atoms with Crippen LogP contribution in [0.15, 0.2) is 54.6 Å². The molecule has 7 heteroatoms. The fraction of sp³-hybridized carbons (Fsp3) is 0.300. The molecule has 3 aromatic rings. The molecule has 0 aliphatic carbocycles. The van der Waals surface area contributed by atoms with Gasteiger partial charge in [-0.1, -0.05) is 18.2 Å². The van der Waals surface area contributed by atoms with Crippen LogP contribution >= 0.6 is 12.2 Å². The summed E-state index contributed by atoms with van der Waals surface area (Å²) < 4.78 is 7.72. The average Bonchev–Trinajstić information content (AvgIpc) is 3.09. The van der Waals surface area contributed by atoms with Gasteiger partial charge in [-0.2, -0.15) is 4.98 Å². The van der Waals surface area contributed by atoms with Gasteiger partial charge in [-0.15, -0.1) is 0 Å². The second kappa shape index (κ2) is 7.94. The summed E-state index contributed by atoms with van der Waals surface area (Å²) in [4.78, 5) is 9.32. The van der Waals surface area contributed by atoms with Gasteiger partial charge in [-0.3, -0.25) is 10.00 Å². The molecule has 1 N–H and O–H groups in total. The predicted octanol–water partition coefficient (Wildman–Crippen LogP) is 3.40. The number of rotatable bonds is 5. The molecule has 2 heterocycles. The molecule has 0 amide bonds. The summed E-state index contributed by atoms with van der Waals surface area (Å²) in [6.45, 7) is 4.74. The highest BCUT2D eigenvalue weighted by Gasteiger charge is 2.18. The van der Waals surface area contributed by atoms with Gasteiger partial charge >= 0.3 is 0 Å². The van der Waals surface area contributed by atoms with Crippen molar-refractivity contribution in [3.8, 4) is 17.1 Å². The first-order chi connectivity index (χ1) is 13.2. The minimum atomic E-state index is 0.575. The molecule has 27 heavy (non-hydrogen) atoms. The molecule has 140 valence electrons. The lowest BCUT2D eigenvalue weighted by atomic mass is 10.2. The molecular weight excluding hydrogens is 358 g/mol. The van der Waals surface area contributed by atoms with Crippen LogP contribution in [-0.2, 0) is 6.67 Å². The minimum Gasteiger partial charge on any atom is -0.497 e. The lowest BCUT2D eigenvalue weighted by Gasteiger charge is -2.35. The third-order valence-electron chi connectivity index (χ3n) is 4.88. The summed E-state index contributed by atoms with van der Waals surface area (Å²) in [5, 5.41) is 3.33. The highest BCUT2D eigenvalue weighted by Crippen LogP contribution is 2.20. The monoisotopic (exact) mass is 381 g/mol. The van der Waals surface area contributed by atoms with E-state index in [1.165, 1.54) is 5.69 Å². The number of nitrogens with zero attached hydrogens (tertiary/aromatic N) is 4. The van der Waals surface area contributed by atoms with E-state index in [-0.39, 0.29) is 0 Å². The summed E-state index contributed by atoms with van der Waals surface area (Å²) >= 11 is 5.45. The first kappa shape index (κ1) is 17.8. The number of anilines is 1. The highest BCUT2D eigenvalue weighted by atomic mass is 32.1. The van der Waals surface area contributed by atoms with Crippen LogP contribution in [0.1, 0.15) is 0 Å². The van der Waals surface area contributed by atoms with Gasteiger partial charge in [0.25, 0.3) is 0 Å². The maximum absolute atomic E-state index is 5.45. The van der Waals surface area contributed by atoms with Crippen LogP contribution in [-0.4, -0.2) is 53.0 Å². The van der Waals surface area contributed by atoms with E-state index in [9.17, 15) is 0 Å². The van der Waals surface area contributed by atoms with Crippen LogP contribution in [0.3, 0.4) is 0 Å². The van der Waals surface area contributed by atoms with E-state index in [1.54, 1.807) is 7.11 Å². The van der Waals surface area contributed by atoms with Crippen molar-refractivity contribution < 1.29 is 4.74 Å². The molecule has 2 aromatic carbocycles. The summed E-state index contributed by atoms with van der Waals surface area (Å²) in [6.07, 6.45) is 0. The average molecular weight is 382 g/mol. The van der Waals surface area contributed by atoms with Gasteiger partial charge in [-0.05, 0) is 48.6 Å². The van der Waals surface area contributed by atoms with E-state index in [2.05, 4.69) is 50.2 Å². The zero-order chi connectivity index (χ0) is 18.6. The third kappa shape index (κ3) is 4.04. The Morgan fingerprint density at radius 2 is 1.70 bits per heavy atom. The zero-order valence-corrected chi connectivity index (χ0v) is 16.2. The van der Waals surface area contributed by atoms with Crippen molar-refractivity contribution in [2.75, 3.05) is 38.2 Å². The second-order valence-electron chi connectivity index (χ2n) is 6.59. The van der Waals surface area contributed by atoms with E-state index >= 15 is 0 Å². The van der Waals surface area contributed by atoms with Crippen molar-refractivity contribution in [2.45, 2.75) is 6.67 Å². The van der Waals surface area contributed by atoms with Gasteiger partial charge < -0.3 is 9.64 Å². The number of aromatic nitrogens is 3. The highest BCUT2D eigenvalue weighted by molar-refractivity contribution is 7.71. The lowest BCUT2D eigenvalue weighted by molar-refractivity contribution is 0.194. The van der Waals surface area contributed by atoms with Gasteiger partial charge in [0.1, 0.15) is 5.75 Å². The van der Waals surface area contributed by atoms with Crippen LogP contribution < -0.4 is 9.64 Å². The third-order valence-corrected chi connectivity index (χ3v) is 5.19. The van der Waals surface area contributed by atoms with Gasteiger partial charge in [0.2, 0.25) is 4.77 Å². The van der Waals surface area contributed by atoms with E-state index < -0.39 is 0 Å². The van der Waals surface area contributed by atoms with Crippen molar-refractivity contribution >= 4 is 17.9 Å². The predicted molar refractivity (Wildman–Crippen MR) is 110 cm³/mol. The maximum Gasteiger partial charge on any atom is 0.217 e. The molecule has 1 aliphatic heterocycles. The lowest BCUT2D eigenvalue weighted by Crippen LogP contribution is -2.46. The van der Waals surface area contributed by atoms with E-state index in [1.807, 2.05) is 28.9 Å². The number of hydrogen-bond acceptors (Lipinski definition) is 5. The van der Waals surface area contributed by atoms with Crippen molar-refractivity contribution in [3.63, 3.8) is 0 Å². The molecule has 4 rings (SSSR count). The fourth-order valence-electron chi connectivity index (χ4n) is 3.32. The van der Waals surface area contributed by atoms with Gasteiger partial charge in [0, 0.05) is 37.4 Å². The number of ether oxygens (including phenoxy) is 1. The molecule has 1 aliphatic rings. The number of methoxy groups -OCH3 is 1. The van der Waals surface area contributed by atoms with Crippen LogP contribution in [0.25, 0.3) is 11.4 Å². The molecule has 0 unspecified atom stereocenters. The van der Waals surface area contributed by atoms with Crippen molar-refractivity contribution in [1.29, 1.82) is 0 Å². The van der Waals surface area contributed by atoms with Crippen LogP contribution in [0.2, 0.25) is 0 Å². The topological polar surface area (TPSA) is 49.3 Å². The summed E-state index contributed by atoms with van der Waals surface area (Å²) in [5.41, 5.74) is 2.28. The van der Waals surface area contributed by atoms with Gasteiger partial charge in [0.15, 0.2) is 5.82 Å². The molecular formula is C20H23N5OS. The Bertz CT molecular complexity index is 927. The van der Waals surface area contributed by atoms with Crippen molar-refractivity contribution in [1.82, 2.24) is 19.7 Å². The van der Waals surface area contributed by atoms with Crippen molar-refractivity contribution in [3.05, 3.63) is 59.4 Å². The molecule has 0 spiro atoms. The Kier molecular flexibility index (Phi) is 5.22. The normalized spacial score (nSPS) is 15.1. The minimum absolute atomic E-state index is 0.575. The number of nitrogens with one attached hydrogen (secondary N) is 1. The summed E-state index contributed by atoms with van der Waals surface area (Å²) in [7, 11) is 1.66. The van der Waals surface area contributed by atoms with E-state index in [4.69, 9.17) is 17.0 Å². The standard InChI is InChI=1S/C20H23N5OS/c1-26-18-9-7-16(8-10-18)19-21-20(27)25(22-19)15-23-11-13-24(14-12-23)17-5-3-2-4-6-17/h2-10H,11-15H2,1H3,(H,21,22,27). The molecule has 6 nitrogen and oxygen atoms in total. The first-order valence-electron chi connectivity index (χ1n) is 9.06. The summed E-state index contributed by atoms with van der Waals surface area (Å²) in [6, 6.07) is 18.4. The number of hydrogen-bond donors (Lipinski definition) is 1. The molecule has 0 atom stereocenters. The molecule has 0 saturated carbocycles. The van der Waals surface area contributed by atoms with Crippen molar-refractivity contribution in [2.24, 2.45) is 0 Å². The first-order valence-corrected chi connectivity index (χ1v) is 9.47. The number of benzene rings is 2. The number of H-pyrrole nitrogens is 1. The summed E-state index contributed by atoms with van der Waals surface area (Å²) in [5.74, 6) is 1.61. The molecule has 0 radical (unpaired) electrons. The molecule has 1 saturated heterocycles. The van der Waals surface area contributed by atoms with E-state index in [0.717, 1.165) is 50.0 Å². The molecule has 1 aromatic heterocycles. The van der Waals surface area contributed by atoms with Crippen LogP contribution in [0.4, 0.5) is 5.69 Å². The van der Waals surface area contributed by atoms with Crippen LogP contribution in [0, 0.1) is 4.77 Å². The van der Waals surface area contributed by atoms with Crippen LogP contribution in [0.5, 0.6) is 5.75 Å². The Labute approximate surface area is 164 Å². The molecule has 1 fully saturated rings. The Morgan fingerprint density at radius 1 is 1.00 bits per heavy atom.